The van der Waals surface area contributed by atoms with Crippen molar-refractivity contribution in [3.05, 3.63) is 54.1 Å². The van der Waals surface area contributed by atoms with Gasteiger partial charge in [0.25, 0.3) is 0 Å². The van der Waals surface area contributed by atoms with E-state index in [0.717, 1.165) is 29.3 Å². The summed E-state index contributed by atoms with van der Waals surface area (Å²) in [5.41, 5.74) is 2.41. The molecule has 138 valence electrons. The van der Waals surface area contributed by atoms with Crippen LogP contribution in [0.3, 0.4) is 0 Å². The van der Waals surface area contributed by atoms with Gasteiger partial charge >= 0.3 is 0 Å². The monoisotopic (exact) mass is 370 g/mol. The van der Waals surface area contributed by atoms with E-state index in [0.29, 0.717) is 6.54 Å². The van der Waals surface area contributed by atoms with Crippen molar-refractivity contribution in [1.29, 1.82) is 0 Å². The molecule has 0 saturated carbocycles. The van der Waals surface area contributed by atoms with E-state index < -0.39 is 0 Å². The normalized spacial score (nSPS) is 14.9. The Labute approximate surface area is 159 Å². The molecular formula is C21H26N2O2S. The first kappa shape index (κ1) is 18.6. The molecule has 2 aromatic rings. The Balaban J connectivity index is 1.47. The third-order valence-corrected chi connectivity index (χ3v) is 5.73. The van der Waals surface area contributed by atoms with Crippen molar-refractivity contribution in [2.24, 2.45) is 0 Å². The highest BCUT2D eigenvalue weighted by Gasteiger charge is 2.15. The Morgan fingerprint density at radius 2 is 1.77 bits per heavy atom. The summed E-state index contributed by atoms with van der Waals surface area (Å²) >= 11 is 1.55. The van der Waals surface area contributed by atoms with Crippen LogP contribution in [0.25, 0.3) is 0 Å². The van der Waals surface area contributed by atoms with Gasteiger partial charge in [-0.05, 0) is 61.7 Å². The second kappa shape index (κ2) is 8.99. The number of carbonyl (C=O) groups is 1. The van der Waals surface area contributed by atoms with Gasteiger partial charge in [0, 0.05) is 30.2 Å². The first-order valence-corrected chi connectivity index (χ1v) is 9.96. The summed E-state index contributed by atoms with van der Waals surface area (Å²) in [4.78, 5) is 15.8. The van der Waals surface area contributed by atoms with E-state index in [4.69, 9.17) is 4.74 Å². The fraction of sp³-hybridized carbons (Fsp3) is 0.381. The van der Waals surface area contributed by atoms with Crippen LogP contribution in [0.5, 0.6) is 5.75 Å². The van der Waals surface area contributed by atoms with Crippen LogP contribution < -0.4 is 15.0 Å². The van der Waals surface area contributed by atoms with E-state index in [1.165, 1.54) is 18.5 Å². The van der Waals surface area contributed by atoms with Gasteiger partial charge in [0.2, 0.25) is 5.91 Å². The number of anilines is 1. The molecule has 1 amide bonds. The smallest absolute Gasteiger partial charge is 0.233 e. The minimum absolute atomic E-state index is 0.0504. The second-order valence-corrected chi connectivity index (χ2v) is 7.93. The van der Waals surface area contributed by atoms with Crippen LogP contribution in [0.1, 0.15) is 25.3 Å². The number of hydrogen-bond acceptors (Lipinski definition) is 4. The number of hydrogen-bond donors (Lipinski definition) is 1. The third-order valence-electron chi connectivity index (χ3n) is 4.62. The van der Waals surface area contributed by atoms with Gasteiger partial charge in [-0.3, -0.25) is 4.79 Å². The summed E-state index contributed by atoms with van der Waals surface area (Å²) < 4.78 is 5.16. The molecule has 0 unspecified atom stereocenters. The number of nitrogens with zero attached hydrogens (tertiary/aromatic N) is 1. The SMILES string of the molecule is COc1ccc(S[C@@H](C)C(=O)NCc2ccc(N3CCCC3)cc2)cc1. The lowest BCUT2D eigenvalue weighted by molar-refractivity contribution is -0.120. The first-order chi connectivity index (χ1) is 12.7. The first-order valence-electron chi connectivity index (χ1n) is 9.08. The van der Waals surface area contributed by atoms with E-state index >= 15 is 0 Å². The molecule has 4 nitrogen and oxygen atoms in total. The highest BCUT2D eigenvalue weighted by Crippen LogP contribution is 2.25. The maximum absolute atomic E-state index is 12.4. The quantitative estimate of drug-likeness (QED) is 0.745. The molecule has 1 saturated heterocycles. The molecule has 1 aliphatic rings. The number of rotatable bonds is 7. The maximum atomic E-state index is 12.4. The standard InChI is InChI=1S/C21H26N2O2S/c1-16(26-20-11-9-19(25-2)10-12-20)21(24)22-15-17-5-7-18(8-6-17)23-13-3-4-14-23/h5-12,16H,3-4,13-15H2,1-2H3,(H,22,24)/t16-/m0/s1. The lowest BCUT2D eigenvalue weighted by Gasteiger charge is -2.18. The molecule has 26 heavy (non-hydrogen) atoms. The Morgan fingerprint density at radius 3 is 2.38 bits per heavy atom. The largest absolute Gasteiger partial charge is 0.497 e. The Bertz CT molecular complexity index is 710. The Kier molecular flexibility index (Phi) is 6.45. The van der Waals surface area contributed by atoms with E-state index in [-0.39, 0.29) is 11.2 Å². The number of benzene rings is 2. The van der Waals surface area contributed by atoms with Crippen LogP contribution in [0, 0.1) is 0 Å². The van der Waals surface area contributed by atoms with E-state index in [1.54, 1.807) is 18.9 Å². The topological polar surface area (TPSA) is 41.6 Å². The summed E-state index contributed by atoms with van der Waals surface area (Å²) in [6.45, 7) is 4.79. The van der Waals surface area contributed by atoms with Gasteiger partial charge < -0.3 is 15.0 Å². The molecule has 1 aliphatic heterocycles. The molecule has 3 rings (SSSR count). The summed E-state index contributed by atoms with van der Waals surface area (Å²) in [7, 11) is 1.65. The minimum Gasteiger partial charge on any atom is -0.497 e. The maximum Gasteiger partial charge on any atom is 0.233 e. The van der Waals surface area contributed by atoms with Gasteiger partial charge in [-0.25, -0.2) is 0 Å². The molecule has 1 N–H and O–H groups in total. The zero-order valence-electron chi connectivity index (χ0n) is 15.4. The number of nitrogens with one attached hydrogen (secondary N) is 1. The molecule has 0 bridgehead atoms. The molecule has 5 heteroatoms. The van der Waals surface area contributed by atoms with Crippen molar-refractivity contribution >= 4 is 23.4 Å². The Morgan fingerprint density at radius 1 is 1.12 bits per heavy atom. The molecule has 1 atom stereocenters. The molecule has 2 aromatic carbocycles. The average Bonchev–Trinajstić information content (AvgIpc) is 3.22. The van der Waals surface area contributed by atoms with Crippen molar-refractivity contribution < 1.29 is 9.53 Å². The molecule has 0 aromatic heterocycles. The van der Waals surface area contributed by atoms with Crippen LogP contribution in [0.15, 0.2) is 53.4 Å². The van der Waals surface area contributed by atoms with Crippen molar-refractivity contribution in [3.63, 3.8) is 0 Å². The van der Waals surface area contributed by atoms with Gasteiger partial charge in [-0.2, -0.15) is 0 Å². The highest BCUT2D eigenvalue weighted by molar-refractivity contribution is 8.00. The van der Waals surface area contributed by atoms with Gasteiger partial charge in [-0.1, -0.05) is 12.1 Å². The molecule has 1 fully saturated rings. The average molecular weight is 371 g/mol. The fourth-order valence-electron chi connectivity index (χ4n) is 3.04. The minimum atomic E-state index is -0.146. The van der Waals surface area contributed by atoms with Crippen LogP contribution in [0.4, 0.5) is 5.69 Å². The summed E-state index contributed by atoms with van der Waals surface area (Å²) in [5, 5.41) is 2.89. The molecule has 1 heterocycles. The lowest BCUT2D eigenvalue weighted by Crippen LogP contribution is -2.30. The predicted octanol–water partition coefficient (Wildman–Crippen LogP) is 4.09. The fourth-order valence-corrected chi connectivity index (χ4v) is 3.94. The van der Waals surface area contributed by atoms with Gasteiger partial charge in [0.1, 0.15) is 5.75 Å². The second-order valence-electron chi connectivity index (χ2n) is 6.51. The molecular weight excluding hydrogens is 344 g/mol. The number of carbonyl (C=O) groups excluding carboxylic acids is 1. The van der Waals surface area contributed by atoms with Crippen molar-refractivity contribution in [1.82, 2.24) is 5.32 Å². The zero-order valence-corrected chi connectivity index (χ0v) is 16.2. The van der Waals surface area contributed by atoms with Crippen LogP contribution in [0.2, 0.25) is 0 Å². The van der Waals surface area contributed by atoms with Crippen LogP contribution >= 0.6 is 11.8 Å². The van der Waals surface area contributed by atoms with Gasteiger partial charge in [-0.15, -0.1) is 11.8 Å². The summed E-state index contributed by atoms with van der Waals surface area (Å²) in [6.07, 6.45) is 2.56. The van der Waals surface area contributed by atoms with Gasteiger partial charge in [0.05, 0.1) is 12.4 Å². The zero-order chi connectivity index (χ0) is 18.4. The van der Waals surface area contributed by atoms with Gasteiger partial charge in [0.15, 0.2) is 0 Å². The molecule has 0 aliphatic carbocycles. The van der Waals surface area contributed by atoms with E-state index in [9.17, 15) is 4.79 Å². The molecule has 0 spiro atoms. The summed E-state index contributed by atoms with van der Waals surface area (Å²) in [6, 6.07) is 16.3. The molecule has 0 radical (unpaired) electrons. The van der Waals surface area contributed by atoms with Crippen LogP contribution in [-0.2, 0) is 11.3 Å². The van der Waals surface area contributed by atoms with Crippen molar-refractivity contribution in [2.45, 2.75) is 36.5 Å². The van der Waals surface area contributed by atoms with Crippen molar-refractivity contribution in [2.75, 3.05) is 25.1 Å². The Hall–Kier alpha value is -2.14. The number of amides is 1. The van der Waals surface area contributed by atoms with E-state index in [2.05, 4.69) is 34.5 Å². The lowest BCUT2D eigenvalue weighted by atomic mass is 10.2. The number of thioether (sulfide) groups is 1. The van der Waals surface area contributed by atoms with Crippen molar-refractivity contribution in [3.8, 4) is 5.75 Å². The highest BCUT2D eigenvalue weighted by atomic mass is 32.2. The number of ether oxygens (including phenoxy) is 1. The predicted molar refractivity (Wildman–Crippen MR) is 108 cm³/mol. The summed E-state index contributed by atoms with van der Waals surface area (Å²) in [5.74, 6) is 0.873. The third kappa shape index (κ3) is 4.94. The van der Waals surface area contributed by atoms with Crippen LogP contribution in [-0.4, -0.2) is 31.4 Å². The number of methoxy groups -OCH3 is 1. The van der Waals surface area contributed by atoms with E-state index in [1.807, 2.05) is 31.2 Å².